The number of amides is 1. The van der Waals surface area contributed by atoms with E-state index in [2.05, 4.69) is 20.6 Å². The van der Waals surface area contributed by atoms with Gasteiger partial charge in [-0.2, -0.15) is 0 Å². The molecule has 0 bridgehead atoms. The summed E-state index contributed by atoms with van der Waals surface area (Å²) in [5.74, 6) is 0.0662. The Kier molecular flexibility index (Phi) is 8.03. The highest BCUT2D eigenvalue weighted by molar-refractivity contribution is 6.33. The van der Waals surface area contributed by atoms with Gasteiger partial charge in [0.2, 0.25) is 5.91 Å². The van der Waals surface area contributed by atoms with Crippen molar-refractivity contribution in [2.75, 3.05) is 11.9 Å². The third-order valence-corrected chi connectivity index (χ3v) is 5.30. The largest absolute Gasteiger partial charge is 0.365 e. The van der Waals surface area contributed by atoms with Crippen molar-refractivity contribution in [1.29, 1.82) is 0 Å². The van der Waals surface area contributed by atoms with Crippen LogP contribution in [0.15, 0.2) is 53.6 Å². The molecule has 0 aliphatic heterocycles. The fourth-order valence-electron chi connectivity index (χ4n) is 3.00. The van der Waals surface area contributed by atoms with Crippen LogP contribution in [0, 0.1) is 6.92 Å². The van der Waals surface area contributed by atoms with Crippen molar-refractivity contribution in [3.05, 3.63) is 86.1 Å². The number of nitrogens with one attached hydrogen (secondary N) is 2. The Morgan fingerprint density at radius 1 is 1.16 bits per heavy atom. The first-order valence-electron chi connectivity index (χ1n) is 9.85. The van der Waals surface area contributed by atoms with Crippen LogP contribution in [-0.2, 0) is 24.3 Å². The van der Waals surface area contributed by atoms with Gasteiger partial charge < -0.3 is 15.2 Å². The zero-order valence-corrected chi connectivity index (χ0v) is 18.6. The molecular formula is C22H23Cl2N5O2. The Labute approximate surface area is 190 Å². The van der Waals surface area contributed by atoms with Crippen LogP contribution < -0.4 is 16.2 Å². The lowest BCUT2D eigenvalue weighted by atomic mass is 10.2. The zero-order valence-electron chi connectivity index (χ0n) is 17.1. The van der Waals surface area contributed by atoms with Gasteiger partial charge in [0.15, 0.2) is 5.82 Å². The Morgan fingerprint density at radius 2 is 2.00 bits per heavy atom. The van der Waals surface area contributed by atoms with Gasteiger partial charge in [-0.25, -0.2) is 4.98 Å². The number of anilines is 1. The van der Waals surface area contributed by atoms with E-state index in [4.69, 9.17) is 23.2 Å². The molecule has 0 aliphatic rings. The third-order valence-electron chi connectivity index (χ3n) is 4.70. The standard InChI is InChI=1S/C22H23Cl2N5O2/c1-15-13-28-21(26-10-7-18-4-2-3-9-25-18)22(31)29(15)11-8-20(30)27-14-16-12-17(23)5-6-19(16)24/h2-6,9,12-13H,7-8,10-11,14H2,1H3,(H,26,28)(H,27,30). The average molecular weight is 460 g/mol. The van der Waals surface area contributed by atoms with Crippen molar-refractivity contribution in [2.45, 2.75) is 32.9 Å². The summed E-state index contributed by atoms with van der Waals surface area (Å²) in [7, 11) is 0. The fraction of sp³-hybridized carbons (Fsp3) is 0.273. The summed E-state index contributed by atoms with van der Waals surface area (Å²) < 4.78 is 1.54. The van der Waals surface area contributed by atoms with E-state index < -0.39 is 0 Å². The second-order valence-corrected chi connectivity index (χ2v) is 7.81. The number of rotatable bonds is 9. The predicted molar refractivity (Wildman–Crippen MR) is 123 cm³/mol. The molecule has 2 aromatic heterocycles. The molecular weight excluding hydrogens is 437 g/mol. The van der Waals surface area contributed by atoms with Crippen LogP contribution in [0.2, 0.25) is 10.0 Å². The number of hydrogen-bond donors (Lipinski definition) is 2. The summed E-state index contributed by atoms with van der Waals surface area (Å²) in [6.07, 6.45) is 4.17. The molecule has 2 heterocycles. The van der Waals surface area contributed by atoms with E-state index in [1.165, 1.54) is 0 Å². The van der Waals surface area contributed by atoms with Crippen LogP contribution in [0.5, 0.6) is 0 Å². The minimum atomic E-state index is -0.258. The van der Waals surface area contributed by atoms with Gasteiger partial charge in [-0.15, -0.1) is 0 Å². The number of carbonyl (C=O) groups excluding carboxylic acids is 1. The number of hydrogen-bond acceptors (Lipinski definition) is 5. The molecule has 0 saturated heterocycles. The molecule has 0 unspecified atom stereocenters. The van der Waals surface area contributed by atoms with E-state index in [0.717, 1.165) is 11.3 Å². The summed E-state index contributed by atoms with van der Waals surface area (Å²) in [5.41, 5.74) is 2.09. The molecule has 0 saturated carbocycles. The molecule has 162 valence electrons. The first-order valence-corrected chi connectivity index (χ1v) is 10.6. The molecule has 1 aromatic carbocycles. The van der Waals surface area contributed by atoms with Gasteiger partial charge >= 0.3 is 0 Å². The van der Waals surface area contributed by atoms with Crippen molar-refractivity contribution in [3.8, 4) is 0 Å². The molecule has 3 rings (SSSR count). The maximum atomic E-state index is 12.8. The highest BCUT2D eigenvalue weighted by Crippen LogP contribution is 2.20. The first kappa shape index (κ1) is 22.8. The number of nitrogens with zero attached hydrogens (tertiary/aromatic N) is 3. The molecule has 0 radical (unpaired) electrons. The summed E-state index contributed by atoms with van der Waals surface area (Å²) in [6.45, 7) is 2.83. The quantitative estimate of drug-likeness (QED) is 0.509. The summed E-state index contributed by atoms with van der Waals surface area (Å²) in [4.78, 5) is 33.5. The molecule has 9 heteroatoms. The van der Waals surface area contributed by atoms with E-state index in [-0.39, 0.29) is 36.8 Å². The van der Waals surface area contributed by atoms with E-state index in [0.29, 0.717) is 28.7 Å². The minimum absolute atomic E-state index is 0.149. The van der Waals surface area contributed by atoms with Crippen LogP contribution in [-0.4, -0.2) is 27.0 Å². The molecule has 0 aliphatic carbocycles. The van der Waals surface area contributed by atoms with Gasteiger partial charge in [-0.05, 0) is 42.8 Å². The zero-order chi connectivity index (χ0) is 22.2. The van der Waals surface area contributed by atoms with Crippen molar-refractivity contribution in [2.24, 2.45) is 0 Å². The van der Waals surface area contributed by atoms with Crippen LogP contribution >= 0.6 is 23.2 Å². The lowest BCUT2D eigenvalue weighted by Crippen LogP contribution is -2.30. The fourth-order valence-corrected chi connectivity index (χ4v) is 3.38. The van der Waals surface area contributed by atoms with Crippen LogP contribution in [0.3, 0.4) is 0 Å². The van der Waals surface area contributed by atoms with E-state index in [1.807, 2.05) is 18.2 Å². The SMILES string of the molecule is Cc1cnc(NCCc2ccccn2)c(=O)n1CCC(=O)NCc1cc(Cl)ccc1Cl. The second-order valence-electron chi connectivity index (χ2n) is 6.97. The Morgan fingerprint density at radius 3 is 2.77 bits per heavy atom. The number of pyridine rings is 1. The molecule has 7 nitrogen and oxygen atoms in total. The lowest BCUT2D eigenvalue weighted by molar-refractivity contribution is -0.121. The summed E-state index contributed by atoms with van der Waals surface area (Å²) in [5, 5.41) is 6.96. The number of aryl methyl sites for hydroxylation is 1. The first-order chi connectivity index (χ1) is 14.9. The molecule has 0 fully saturated rings. The van der Waals surface area contributed by atoms with E-state index in [1.54, 1.807) is 42.1 Å². The van der Waals surface area contributed by atoms with Crippen molar-refractivity contribution < 1.29 is 4.79 Å². The van der Waals surface area contributed by atoms with Gasteiger partial charge in [0.05, 0.1) is 0 Å². The van der Waals surface area contributed by atoms with E-state index in [9.17, 15) is 9.59 Å². The number of benzene rings is 1. The second kappa shape index (κ2) is 10.9. The maximum Gasteiger partial charge on any atom is 0.293 e. The number of halogens is 2. The Hall–Kier alpha value is -2.90. The van der Waals surface area contributed by atoms with Crippen LogP contribution in [0.1, 0.15) is 23.4 Å². The smallest absolute Gasteiger partial charge is 0.293 e. The van der Waals surface area contributed by atoms with Gasteiger partial charge in [0.25, 0.3) is 5.56 Å². The van der Waals surface area contributed by atoms with Crippen molar-refractivity contribution in [1.82, 2.24) is 19.9 Å². The highest BCUT2D eigenvalue weighted by atomic mass is 35.5. The van der Waals surface area contributed by atoms with Gasteiger partial charge in [0.1, 0.15) is 0 Å². The normalized spacial score (nSPS) is 10.7. The molecule has 0 atom stereocenters. The van der Waals surface area contributed by atoms with Crippen molar-refractivity contribution in [3.63, 3.8) is 0 Å². The number of aromatic nitrogens is 3. The molecule has 1 amide bonds. The van der Waals surface area contributed by atoms with Crippen LogP contribution in [0.25, 0.3) is 0 Å². The highest BCUT2D eigenvalue weighted by Gasteiger charge is 2.11. The molecule has 2 N–H and O–H groups in total. The van der Waals surface area contributed by atoms with Crippen molar-refractivity contribution >= 4 is 34.9 Å². The van der Waals surface area contributed by atoms with Gasteiger partial charge in [0, 0.05) is 66.3 Å². The topological polar surface area (TPSA) is 88.9 Å². The van der Waals surface area contributed by atoms with Gasteiger partial charge in [-0.1, -0.05) is 29.3 Å². The Bertz CT molecular complexity index is 1100. The average Bonchev–Trinajstić information content (AvgIpc) is 2.76. The predicted octanol–water partition coefficient (Wildman–Crippen LogP) is 3.61. The molecule has 31 heavy (non-hydrogen) atoms. The lowest BCUT2D eigenvalue weighted by Gasteiger charge is -2.13. The Balaban J connectivity index is 1.55. The monoisotopic (exact) mass is 459 g/mol. The summed E-state index contributed by atoms with van der Waals surface area (Å²) >= 11 is 12.1. The molecule has 3 aromatic rings. The maximum absolute atomic E-state index is 12.8. The molecule has 0 spiro atoms. The van der Waals surface area contributed by atoms with E-state index >= 15 is 0 Å². The van der Waals surface area contributed by atoms with Gasteiger partial charge in [-0.3, -0.25) is 14.6 Å². The minimum Gasteiger partial charge on any atom is -0.365 e. The summed E-state index contributed by atoms with van der Waals surface area (Å²) in [6, 6.07) is 10.8. The third kappa shape index (κ3) is 6.54. The van der Waals surface area contributed by atoms with Crippen LogP contribution in [0.4, 0.5) is 5.82 Å². The number of carbonyl (C=O) groups is 1.